The first kappa shape index (κ1) is 31.6. The van der Waals surface area contributed by atoms with Crippen molar-refractivity contribution in [3.8, 4) is 11.5 Å². The molecule has 3 rings (SSSR count). The molecule has 6 N–H and O–H groups in total. The summed E-state index contributed by atoms with van der Waals surface area (Å²) in [5.41, 5.74) is 7.65. The number of benzene rings is 3. The van der Waals surface area contributed by atoms with Crippen LogP contribution in [-0.2, 0) is 17.6 Å². The van der Waals surface area contributed by atoms with Crippen molar-refractivity contribution in [1.82, 2.24) is 16.0 Å². The van der Waals surface area contributed by atoms with Gasteiger partial charge in [0.05, 0.1) is 13.7 Å². The number of nitrogens with one attached hydrogen (secondary N) is 4. The number of carbonyl (C=O) groups is 2. The third-order valence-corrected chi connectivity index (χ3v) is 6.82. The zero-order valence-electron chi connectivity index (χ0n) is 22.8. The SMILES string of the molecule is COc1ccc(C(=O)N[C@@H](CCCNC(=N)N)C(=O)NCCc2ccccc2)cc1OCCc1ccc(Cl)cc1Cl. The fourth-order valence-electron chi connectivity index (χ4n) is 4.06. The molecule has 0 heterocycles. The number of amides is 2. The van der Waals surface area contributed by atoms with Gasteiger partial charge in [0, 0.05) is 35.1 Å². The van der Waals surface area contributed by atoms with Crippen LogP contribution in [0.3, 0.4) is 0 Å². The van der Waals surface area contributed by atoms with Crippen LogP contribution in [0.4, 0.5) is 0 Å². The van der Waals surface area contributed by atoms with Crippen LogP contribution in [0.25, 0.3) is 0 Å². The van der Waals surface area contributed by atoms with Crippen molar-refractivity contribution in [3.05, 3.63) is 93.5 Å². The van der Waals surface area contributed by atoms with E-state index in [1.54, 1.807) is 30.3 Å². The van der Waals surface area contributed by atoms with E-state index in [4.69, 9.17) is 43.8 Å². The summed E-state index contributed by atoms with van der Waals surface area (Å²) in [6, 6.07) is 19.1. The molecule has 0 aliphatic heterocycles. The molecule has 0 bridgehead atoms. The predicted octanol–water partition coefficient (Wildman–Crippen LogP) is 4.34. The number of nitrogens with two attached hydrogens (primary N) is 1. The van der Waals surface area contributed by atoms with E-state index in [1.807, 2.05) is 36.4 Å². The van der Waals surface area contributed by atoms with Gasteiger partial charge in [-0.25, -0.2) is 0 Å². The molecule has 0 radical (unpaired) electrons. The topological polar surface area (TPSA) is 139 Å². The summed E-state index contributed by atoms with van der Waals surface area (Å²) in [5.74, 6) is -0.0149. The van der Waals surface area contributed by atoms with Crippen molar-refractivity contribution in [2.24, 2.45) is 5.73 Å². The molecule has 0 saturated carbocycles. The second-order valence-corrected chi connectivity index (χ2v) is 10.1. The molecule has 0 saturated heterocycles. The van der Waals surface area contributed by atoms with E-state index in [1.165, 1.54) is 7.11 Å². The van der Waals surface area contributed by atoms with E-state index in [0.717, 1.165) is 11.1 Å². The minimum atomic E-state index is -0.787. The number of hydrogen-bond acceptors (Lipinski definition) is 5. The van der Waals surface area contributed by atoms with Crippen molar-refractivity contribution in [2.75, 3.05) is 26.8 Å². The average molecular weight is 601 g/mol. The van der Waals surface area contributed by atoms with Crippen LogP contribution in [-0.4, -0.2) is 50.6 Å². The van der Waals surface area contributed by atoms with Crippen LogP contribution < -0.4 is 31.2 Å². The summed E-state index contributed by atoms with van der Waals surface area (Å²) < 4.78 is 11.3. The zero-order chi connectivity index (χ0) is 29.6. The minimum absolute atomic E-state index is 0.151. The van der Waals surface area contributed by atoms with Gasteiger partial charge in [-0.3, -0.25) is 15.0 Å². The van der Waals surface area contributed by atoms with Crippen molar-refractivity contribution < 1.29 is 19.1 Å². The normalized spacial score (nSPS) is 11.3. The van der Waals surface area contributed by atoms with Crippen LogP contribution in [0, 0.1) is 5.41 Å². The Bertz CT molecular complexity index is 1320. The predicted molar refractivity (Wildman–Crippen MR) is 162 cm³/mol. The average Bonchev–Trinajstić information content (AvgIpc) is 2.96. The van der Waals surface area contributed by atoms with E-state index in [-0.39, 0.29) is 11.9 Å². The van der Waals surface area contributed by atoms with Gasteiger partial charge in [0.1, 0.15) is 6.04 Å². The Labute approximate surface area is 250 Å². The van der Waals surface area contributed by atoms with Crippen molar-refractivity contribution in [1.29, 1.82) is 5.41 Å². The third-order valence-electron chi connectivity index (χ3n) is 6.23. The molecular formula is C30H35Cl2N5O4. The highest BCUT2D eigenvalue weighted by atomic mass is 35.5. The van der Waals surface area contributed by atoms with Gasteiger partial charge in [-0.05, 0) is 60.7 Å². The fraction of sp³-hybridized carbons (Fsp3) is 0.300. The van der Waals surface area contributed by atoms with E-state index in [0.29, 0.717) is 72.5 Å². The molecule has 0 spiro atoms. The number of carbonyl (C=O) groups excluding carboxylic acids is 2. The van der Waals surface area contributed by atoms with Crippen molar-refractivity contribution in [2.45, 2.75) is 31.7 Å². The molecular weight excluding hydrogens is 565 g/mol. The summed E-state index contributed by atoms with van der Waals surface area (Å²) in [5, 5.41) is 16.9. The standard InChI is InChI=1S/C30H35Cl2N5O4/c1-40-26-12-10-22(18-27(26)41-17-14-21-9-11-23(31)19-24(21)32)28(38)37-25(8-5-15-36-30(33)34)29(39)35-16-13-20-6-3-2-4-7-20/h2-4,6-7,9-12,18-19,25H,5,8,13-17H2,1H3,(H,35,39)(H,37,38)(H4,33,34,36)/t25-/m0/s1. The zero-order valence-corrected chi connectivity index (χ0v) is 24.4. The smallest absolute Gasteiger partial charge is 0.252 e. The minimum Gasteiger partial charge on any atom is -0.493 e. The summed E-state index contributed by atoms with van der Waals surface area (Å²) in [6.45, 7) is 1.12. The van der Waals surface area contributed by atoms with Gasteiger partial charge in [-0.15, -0.1) is 0 Å². The second-order valence-electron chi connectivity index (χ2n) is 9.24. The lowest BCUT2D eigenvalue weighted by molar-refractivity contribution is -0.123. The molecule has 3 aromatic rings. The van der Waals surface area contributed by atoms with Crippen molar-refractivity contribution >= 4 is 41.0 Å². The second kappa shape index (κ2) is 16.3. The molecule has 218 valence electrons. The van der Waals surface area contributed by atoms with E-state index in [2.05, 4.69) is 16.0 Å². The van der Waals surface area contributed by atoms with Gasteiger partial charge in [-0.1, -0.05) is 59.6 Å². The molecule has 0 aromatic heterocycles. The quantitative estimate of drug-likeness (QED) is 0.1000. The van der Waals surface area contributed by atoms with Gasteiger partial charge in [0.15, 0.2) is 17.5 Å². The molecule has 11 heteroatoms. The highest BCUT2D eigenvalue weighted by molar-refractivity contribution is 6.35. The number of rotatable bonds is 15. The summed E-state index contributed by atoms with van der Waals surface area (Å²) >= 11 is 12.2. The summed E-state index contributed by atoms with van der Waals surface area (Å²) in [4.78, 5) is 26.3. The number of ether oxygens (including phenoxy) is 2. The molecule has 3 aromatic carbocycles. The molecule has 2 amide bonds. The lowest BCUT2D eigenvalue weighted by atomic mass is 10.1. The van der Waals surface area contributed by atoms with E-state index < -0.39 is 11.9 Å². The van der Waals surface area contributed by atoms with Gasteiger partial charge < -0.3 is 31.2 Å². The molecule has 0 aliphatic carbocycles. The molecule has 1 atom stereocenters. The highest BCUT2D eigenvalue weighted by Gasteiger charge is 2.22. The first-order valence-electron chi connectivity index (χ1n) is 13.2. The highest BCUT2D eigenvalue weighted by Crippen LogP contribution is 2.29. The third kappa shape index (κ3) is 10.5. The van der Waals surface area contributed by atoms with E-state index in [9.17, 15) is 9.59 Å². The number of hydrogen-bond donors (Lipinski definition) is 5. The number of halogens is 2. The monoisotopic (exact) mass is 599 g/mol. The maximum absolute atomic E-state index is 13.2. The largest absolute Gasteiger partial charge is 0.493 e. The molecule has 9 nitrogen and oxygen atoms in total. The molecule has 0 fully saturated rings. The fourth-order valence-corrected chi connectivity index (χ4v) is 4.57. The van der Waals surface area contributed by atoms with Gasteiger partial charge in [0.25, 0.3) is 5.91 Å². The first-order valence-corrected chi connectivity index (χ1v) is 14.0. The lowest BCUT2D eigenvalue weighted by Gasteiger charge is -2.19. The molecule has 0 unspecified atom stereocenters. The Morgan fingerprint density at radius 2 is 1.73 bits per heavy atom. The van der Waals surface area contributed by atoms with Crippen LogP contribution in [0.2, 0.25) is 10.0 Å². The summed E-state index contributed by atoms with van der Waals surface area (Å²) in [7, 11) is 1.52. The van der Waals surface area contributed by atoms with Crippen LogP contribution in [0.5, 0.6) is 11.5 Å². The molecule has 41 heavy (non-hydrogen) atoms. The number of methoxy groups -OCH3 is 1. The lowest BCUT2D eigenvalue weighted by Crippen LogP contribution is -2.47. The Balaban J connectivity index is 1.64. The van der Waals surface area contributed by atoms with Crippen LogP contribution in [0.1, 0.15) is 34.3 Å². The Kier molecular flexibility index (Phi) is 12.6. The van der Waals surface area contributed by atoms with Crippen molar-refractivity contribution in [3.63, 3.8) is 0 Å². The first-order chi connectivity index (χ1) is 19.8. The maximum atomic E-state index is 13.2. The Morgan fingerprint density at radius 1 is 0.951 bits per heavy atom. The van der Waals surface area contributed by atoms with Crippen LogP contribution in [0.15, 0.2) is 66.7 Å². The molecule has 0 aliphatic rings. The van der Waals surface area contributed by atoms with Gasteiger partial charge in [0.2, 0.25) is 5.91 Å². The summed E-state index contributed by atoms with van der Waals surface area (Å²) in [6.07, 6.45) is 2.06. The Hall–Kier alpha value is -3.95. The number of guanidine groups is 1. The van der Waals surface area contributed by atoms with Gasteiger partial charge >= 0.3 is 0 Å². The van der Waals surface area contributed by atoms with Gasteiger partial charge in [-0.2, -0.15) is 0 Å². The maximum Gasteiger partial charge on any atom is 0.252 e. The van der Waals surface area contributed by atoms with Crippen LogP contribution >= 0.6 is 23.2 Å². The van der Waals surface area contributed by atoms with E-state index >= 15 is 0 Å². The Morgan fingerprint density at radius 3 is 2.44 bits per heavy atom.